The number of amides is 2. The molecule has 0 aliphatic rings. The lowest BCUT2D eigenvalue weighted by Crippen LogP contribution is -2.50. The maximum atomic E-state index is 11.9. The molecule has 0 aromatic heterocycles. The first-order valence-corrected chi connectivity index (χ1v) is 7.03. The first-order valence-electron chi connectivity index (χ1n) is 5.86. The molecule has 1 aromatic carbocycles. The molecule has 0 saturated carbocycles. The molecule has 110 valence electrons. The number of urea groups is 1. The monoisotopic (exact) mass is 362 g/mol. The van der Waals surface area contributed by atoms with Gasteiger partial charge in [-0.05, 0) is 23.6 Å². The molecule has 3 N–H and O–H groups in total. The third-order valence-electron chi connectivity index (χ3n) is 2.57. The summed E-state index contributed by atoms with van der Waals surface area (Å²) in [6.07, 6.45) is 0. The van der Waals surface area contributed by atoms with Crippen molar-refractivity contribution in [2.75, 3.05) is 5.32 Å². The van der Waals surface area contributed by atoms with Crippen LogP contribution in [-0.2, 0) is 4.79 Å². The summed E-state index contributed by atoms with van der Waals surface area (Å²) >= 11 is 9.23. The molecule has 1 atom stereocenters. The molecule has 20 heavy (non-hydrogen) atoms. The highest BCUT2D eigenvalue weighted by Gasteiger charge is 2.32. The molecule has 0 radical (unpaired) electrons. The number of carbonyl (C=O) groups excluding carboxylic acids is 1. The van der Waals surface area contributed by atoms with Crippen molar-refractivity contribution in [2.24, 2.45) is 5.41 Å². The lowest BCUT2D eigenvalue weighted by molar-refractivity contribution is -0.141. The van der Waals surface area contributed by atoms with E-state index in [0.717, 1.165) is 4.47 Å². The molecule has 0 unspecified atom stereocenters. The van der Waals surface area contributed by atoms with Crippen LogP contribution in [0.25, 0.3) is 0 Å². The summed E-state index contributed by atoms with van der Waals surface area (Å²) < 4.78 is 0.784. The van der Waals surface area contributed by atoms with E-state index < -0.39 is 23.5 Å². The van der Waals surface area contributed by atoms with Crippen molar-refractivity contribution < 1.29 is 14.7 Å². The molecular formula is C13H16BrClN2O3. The quantitative estimate of drug-likeness (QED) is 0.766. The SMILES string of the molecule is CC(C)(C)[C@H](NC(=O)Nc1ccc(Br)cc1Cl)C(=O)O. The van der Waals surface area contributed by atoms with Gasteiger partial charge in [-0.25, -0.2) is 9.59 Å². The van der Waals surface area contributed by atoms with Crippen LogP contribution in [0.15, 0.2) is 22.7 Å². The zero-order chi connectivity index (χ0) is 15.5. The normalized spacial score (nSPS) is 12.7. The van der Waals surface area contributed by atoms with Crippen LogP contribution in [0.4, 0.5) is 10.5 Å². The van der Waals surface area contributed by atoms with E-state index in [0.29, 0.717) is 10.7 Å². The zero-order valence-corrected chi connectivity index (χ0v) is 13.7. The largest absolute Gasteiger partial charge is 0.480 e. The number of carboxylic acid groups (broad SMARTS) is 1. The molecule has 1 aromatic rings. The number of carboxylic acids is 1. The van der Waals surface area contributed by atoms with Gasteiger partial charge >= 0.3 is 12.0 Å². The second-order valence-corrected chi connectivity index (χ2v) is 6.68. The van der Waals surface area contributed by atoms with Gasteiger partial charge in [0.25, 0.3) is 0 Å². The Morgan fingerprint density at radius 1 is 1.35 bits per heavy atom. The highest BCUT2D eigenvalue weighted by Crippen LogP contribution is 2.26. The molecule has 5 nitrogen and oxygen atoms in total. The number of nitrogens with one attached hydrogen (secondary N) is 2. The predicted molar refractivity (Wildman–Crippen MR) is 82.2 cm³/mol. The highest BCUT2D eigenvalue weighted by molar-refractivity contribution is 9.10. The first kappa shape index (κ1) is 16.8. The van der Waals surface area contributed by atoms with E-state index >= 15 is 0 Å². The molecule has 0 bridgehead atoms. The Morgan fingerprint density at radius 3 is 2.40 bits per heavy atom. The Balaban J connectivity index is 2.79. The number of anilines is 1. The standard InChI is InChI=1S/C13H16BrClN2O3/c1-13(2,3)10(11(18)19)17-12(20)16-9-5-4-7(14)6-8(9)15/h4-6,10H,1-3H3,(H,18,19)(H2,16,17,20)/t10-/m1/s1. The zero-order valence-electron chi connectivity index (χ0n) is 11.3. The fourth-order valence-corrected chi connectivity index (χ4v) is 2.25. The number of hydrogen-bond donors (Lipinski definition) is 3. The van der Waals surface area contributed by atoms with Crippen molar-refractivity contribution in [3.63, 3.8) is 0 Å². The Morgan fingerprint density at radius 2 is 1.95 bits per heavy atom. The van der Waals surface area contributed by atoms with Crippen LogP contribution in [0.3, 0.4) is 0 Å². The Bertz CT molecular complexity index is 529. The fraction of sp³-hybridized carbons (Fsp3) is 0.385. The summed E-state index contributed by atoms with van der Waals surface area (Å²) in [5.41, 5.74) is -0.197. The minimum Gasteiger partial charge on any atom is -0.480 e. The number of hydrogen-bond acceptors (Lipinski definition) is 2. The second kappa shape index (κ2) is 6.45. The first-order chi connectivity index (χ1) is 9.11. The molecule has 0 aliphatic carbocycles. The average molecular weight is 364 g/mol. The molecule has 0 spiro atoms. The van der Waals surface area contributed by atoms with Crippen molar-refractivity contribution in [1.29, 1.82) is 0 Å². The Hall–Kier alpha value is -1.27. The van der Waals surface area contributed by atoms with Crippen LogP contribution in [0, 0.1) is 5.41 Å². The van der Waals surface area contributed by atoms with Crippen LogP contribution >= 0.6 is 27.5 Å². The van der Waals surface area contributed by atoms with Crippen LogP contribution in [0.5, 0.6) is 0 Å². The van der Waals surface area contributed by atoms with Gasteiger partial charge in [-0.3, -0.25) is 0 Å². The summed E-state index contributed by atoms with van der Waals surface area (Å²) in [4.78, 5) is 23.0. The summed E-state index contributed by atoms with van der Waals surface area (Å²) in [5.74, 6) is -1.09. The summed E-state index contributed by atoms with van der Waals surface area (Å²) in [5, 5.41) is 14.5. The van der Waals surface area contributed by atoms with E-state index in [1.54, 1.807) is 39.0 Å². The van der Waals surface area contributed by atoms with Gasteiger partial charge in [0.1, 0.15) is 6.04 Å². The number of halogens is 2. The van der Waals surface area contributed by atoms with Gasteiger partial charge in [-0.15, -0.1) is 0 Å². The number of carbonyl (C=O) groups is 2. The van der Waals surface area contributed by atoms with Gasteiger partial charge in [0, 0.05) is 4.47 Å². The molecule has 0 saturated heterocycles. The molecule has 0 fully saturated rings. The Labute approximate surface area is 130 Å². The third-order valence-corrected chi connectivity index (χ3v) is 3.37. The van der Waals surface area contributed by atoms with Crippen molar-refractivity contribution in [1.82, 2.24) is 5.32 Å². The van der Waals surface area contributed by atoms with E-state index in [2.05, 4.69) is 26.6 Å². The summed E-state index contributed by atoms with van der Waals surface area (Å²) in [6, 6.07) is 3.36. The minimum absolute atomic E-state index is 0.358. The number of rotatable bonds is 3. The topological polar surface area (TPSA) is 78.4 Å². The van der Waals surface area contributed by atoms with Crippen molar-refractivity contribution >= 4 is 45.2 Å². The van der Waals surface area contributed by atoms with E-state index in [9.17, 15) is 9.59 Å². The molecule has 0 heterocycles. The Kier molecular flexibility index (Phi) is 5.42. The second-order valence-electron chi connectivity index (χ2n) is 5.36. The lowest BCUT2D eigenvalue weighted by Gasteiger charge is -2.27. The van der Waals surface area contributed by atoms with Crippen LogP contribution < -0.4 is 10.6 Å². The van der Waals surface area contributed by atoms with Gasteiger partial charge in [0.15, 0.2) is 0 Å². The molecule has 1 rings (SSSR count). The van der Waals surface area contributed by atoms with Gasteiger partial charge in [-0.2, -0.15) is 0 Å². The lowest BCUT2D eigenvalue weighted by atomic mass is 9.87. The summed E-state index contributed by atoms with van der Waals surface area (Å²) in [7, 11) is 0. The fourth-order valence-electron chi connectivity index (χ4n) is 1.53. The predicted octanol–water partition coefficient (Wildman–Crippen LogP) is 3.72. The van der Waals surface area contributed by atoms with E-state index in [-0.39, 0.29) is 0 Å². The number of benzene rings is 1. The maximum absolute atomic E-state index is 11.9. The van der Waals surface area contributed by atoms with Crippen LogP contribution in [0.2, 0.25) is 5.02 Å². The molecule has 0 aliphatic heterocycles. The van der Waals surface area contributed by atoms with Crippen molar-refractivity contribution in [3.8, 4) is 0 Å². The number of aliphatic carboxylic acids is 1. The van der Waals surface area contributed by atoms with Gasteiger partial charge in [0.05, 0.1) is 10.7 Å². The van der Waals surface area contributed by atoms with Crippen LogP contribution in [-0.4, -0.2) is 23.1 Å². The minimum atomic E-state index is -1.09. The van der Waals surface area contributed by atoms with E-state index in [1.165, 1.54) is 0 Å². The van der Waals surface area contributed by atoms with Gasteiger partial charge < -0.3 is 15.7 Å². The summed E-state index contributed by atoms with van der Waals surface area (Å²) in [6.45, 7) is 5.20. The van der Waals surface area contributed by atoms with Gasteiger partial charge in [-0.1, -0.05) is 48.3 Å². The van der Waals surface area contributed by atoms with E-state index in [1.807, 2.05) is 0 Å². The molecule has 7 heteroatoms. The van der Waals surface area contributed by atoms with Crippen molar-refractivity contribution in [2.45, 2.75) is 26.8 Å². The molecule has 2 amide bonds. The van der Waals surface area contributed by atoms with Gasteiger partial charge in [0.2, 0.25) is 0 Å². The van der Waals surface area contributed by atoms with E-state index in [4.69, 9.17) is 16.7 Å². The molecular weight excluding hydrogens is 348 g/mol. The van der Waals surface area contributed by atoms with Crippen molar-refractivity contribution in [3.05, 3.63) is 27.7 Å². The maximum Gasteiger partial charge on any atom is 0.326 e. The van der Waals surface area contributed by atoms with Crippen LogP contribution in [0.1, 0.15) is 20.8 Å². The average Bonchev–Trinajstić information content (AvgIpc) is 2.28. The third kappa shape index (κ3) is 4.68. The smallest absolute Gasteiger partial charge is 0.326 e. The highest BCUT2D eigenvalue weighted by atomic mass is 79.9.